The molecule has 0 spiro atoms. The first-order valence-corrected chi connectivity index (χ1v) is 8.19. The summed E-state index contributed by atoms with van der Waals surface area (Å²) >= 11 is 0. The highest BCUT2D eigenvalue weighted by Crippen LogP contribution is 2.62. The average Bonchev–Trinajstić information content (AvgIpc) is 2.76. The van der Waals surface area contributed by atoms with Gasteiger partial charge in [0.1, 0.15) is 5.75 Å². The Morgan fingerprint density at radius 2 is 1.90 bits per heavy atom. The smallest absolute Gasteiger partial charge is 0.115 e. The van der Waals surface area contributed by atoms with Gasteiger partial charge in [0.05, 0.1) is 12.2 Å². The maximum Gasteiger partial charge on any atom is 0.115 e. The number of benzene rings is 1. The number of phenols is 1. The molecule has 2 saturated carbocycles. The molecule has 114 valence electrons. The lowest BCUT2D eigenvalue weighted by molar-refractivity contribution is -0.0372. The number of hydrogen-bond donors (Lipinski definition) is 3. The van der Waals surface area contributed by atoms with Gasteiger partial charge in [-0.1, -0.05) is 13.0 Å². The maximum atomic E-state index is 10.5. The molecule has 0 bridgehead atoms. The summed E-state index contributed by atoms with van der Waals surface area (Å²) in [5.74, 6) is 1.70. The van der Waals surface area contributed by atoms with Gasteiger partial charge in [-0.25, -0.2) is 0 Å². The monoisotopic (exact) mass is 288 g/mol. The third kappa shape index (κ3) is 1.80. The fourth-order valence-electron chi connectivity index (χ4n) is 5.55. The van der Waals surface area contributed by atoms with Gasteiger partial charge in [-0.05, 0) is 78.5 Å². The first-order chi connectivity index (χ1) is 10.0. The normalized spacial score (nSPS) is 44.8. The molecule has 5 unspecified atom stereocenters. The summed E-state index contributed by atoms with van der Waals surface area (Å²) in [4.78, 5) is 0. The second-order valence-corrected chi connectivity index (χ2v) is 7.58. The molecule has 3 aliphatic carbocycles. The van der Waals surface area contributed by atoms with Crippen molar-refractivity contribution >= 4 is 0 Å². The zero-order chi connectivity index (χ0) is 14.8. The second-order valence-electron chi connectivity index (χ2n) is 7.58. The van der Waals surface area contributed by atoms with Crippen LogP contribution in [0.2, 0.25) is 0 Å². The molecule has 0 aromatic heterocycles. The quantitative estimate of drug-likeness (QED) is 0.687. The van der Waals surface area contributed by atoms with E-state index in [1.807, 2.05) is 6.07 Å². The molecule has 0 heterocycles. The van der Waals surface area contributed by atoms with Gasteiger partial charge in [0.2, 0.25) is 0 Å². The van der Waals surface area contributed by atoms with Crippen LogP contribution in [0.25, 0.3) is 0 Å². The lowest BCUT2D eigenvalue weighted by Gasteiger charge is -2.50. The number of hydrogen-bond acceptors (Lipinski definition) is 3. The second kappa shape index (κ2) is 4.47. The van der Waals surface area contributed by atoms with E-state index in [4.69, 9.17) is 0 Å². The summed E-state index contributed by atoms with van der Waals surface area (Å²) < 4.78 is 0. The Morgan fingerprint density at radius 3 is 2.71 bits per heavy atom. The Hall–Kier alpha value is -1.06. The SMILES string of the molecule is C[C@]12CCC3c4ccc(O)cc4C(O)CC3C1CCC2O. The summed E-state index contributed by atoms with van der Waals surface area (Å²) in [6.07, 6.45) is 4.25. The molecule has 0 saturated heterocycles. The summed E-state index contributed by atoms with van der Waals surface area (Å²) in [5, 5.41) is 30.6. The van der Waals surface area contributed by atoms with Gasteiger partial charge in [0.15, 0.2) is 0 Å². The number of rotatable bonds is 0. The molecule has 4 rings (SSSR count). The zero-order valence-corrected chi connectivity index (χ0v) is 12.5. The topological polar surface area (TPSA) is 60.7 Å². The Kier molecular flexibility index (Phi) is 2.89. The Balaban J connectivity index is 1.75. The van der Waals surface area contributed by atoms with Gasteiger partial charge < -0.3 is 15.3 Å². The van der Waals surface area contributed by atoms with Crippen molar-refractivity contribution < 1.29 is 15.3 Å². The first-order valence-electron chi connectivity index (χ1n) is 8.19. The largest absolute Gasteiger partial charge is 0.508 e. The summed E-state index contributed by atoms with van der Waals surface area (Å²) in [7, 11) is 0. The minimum atomic E-state index is -0.478. The van der Waals surface area contributed by atoms with Crippen LogP contribution in [0.5, 0.6) is 5.75 Å². The van der Waals surface area contributed by atoms with Crippen LogP contribution in [0, 0.1) is 17.3 Å². The third-order valence-electron chi connectivity index (χ3n) is 6.71. The van der Waals surface area contributed by atoms with Gasteiger partial charge in [-0.3, -0.25) is 0 Å². The molecular formula is C18H24O3. The molecule has 3 heteroatoms. The number of aliphatic hydroxyl groups excluding tert-OH is 2. The fourth-order valence-corrected chi connectivity index (χ4v) is 5.55. The minimum absolute atomic E-state index is 0.0370. The van der Waals surface area contributed by atoms with Crippen molar-refractivity contribution in [2.45, 2.75) is 57.2 Å². The summed E-state index contributed by atoms with van der Waals surface area (Å²) in [6.45, 7) is 2.24. The molecule has 3 N–H and O–H groups in total. The van der Waals surface area contributed by atoms with Crippen LogP contribution >= 0.6 is 0 Å². The van der Waals surface area contributed by atoms with Gasteiger partial charge in [0, 0.05) is 0 Å². The van der Waals surface area contributed by atoms with Crippen LogP contribution < -0.4 is 0 Å². The van der Waals surface area contributed by atoms with E-state index in [2.05, 4.69) is 6.92 Å². The van der Waals surface area contributed by atoms with E-state index < -0.39 is 6.10 Å². The van der Waals surface area contributed by atoms with E-state index >= 15 is 0 Å². The highest BCUT2D eigenvalue weighted by molar-refractivity contribution is 5.41. The van der Waals surface area contributed by atoms with Crippen LogP contribution in [0.15, 0.2) is 18.2 Å². The molecule has 1 aromatic carbocycles. The van der Waals surface area contributed by atoms with E-state index in [9.17, 15) is 15.3 Å². The number of phenolic OH excluding ortho intramolecular Hbond substituents is 1. The van der Waals surface area contributed by atoms with Crippen molar-refractivity contribution in [2.75, 3.05) is 0 Å². The van der Waals surface area contributed by atoms with Gasteiger partial charge in [-0.15, -0.1) is 0 Å². The molecule has 2 fully saturated rings. The molecule has 21 heavy (non-hydrogen) atoms. The van der Waals surface area contributed by atoms with Crippen molar-refractivity contribution in [1.29, 1.82) is 0 Å². The van der Waals surface area contributed by atoms with Crippen LogP contribution in [0.1, 0.15) is 62.2 Å². The van der Waals surface area contributed by atoms with Crippen molar-refractivity contribution in [2.24, 2.45) is 17.3 Å². The average molecular weight is 288 g/mol. The molecule has 0 aliphatic heterocycles. The zero-order valence-electron chi connectivity index (χ0n) is 12.5. The van der Waals surface area contributed by atoms with Crippen LogP contribution in [-0.2, 0) is 0 Å². The standard InChI is InChI=1S/C18H24O3/c1-18-7-6-12-11-3-2-10(19)8-14(11)16(20)9-13(12)15(18)4-5-17(18)21/h2-3,8,12-13,15-17,19-21H,4-7,9H2,1H3/t12?,13?,15?,16?,17?,18-/m0/s1. The van der Waals surface area contributed by atoms with E-state index in [0.717, 1.165) is 37.7 Å². The summed E-state index contributed by atoms with van der Waals surface area (Å²) in [5.41, 5.74) is 2.17. The Labute approximate surface area is 125 Å². The lowest BCUT2D eigenvalue weighted by atomic mass is 9.55. The van der Waals surface area contributed by atoms with Crippen molar-refractivity contribution in [3.63, 3.8) is 0 Å². The van der Waals surface area contributed by atoms with Crippen molar-refractivity contribution in [3.05, 3.63) is 29.3 Å². The Morgan fingerprint density at radius 1 is 1.10 bits per heavy atom. The van der Waals surface area contributed by atoms with Gasteiger partial charge in [0.25, 0.3) is 0 Å². The molecule has 3 aliphatic rings. The fraction of sp³-hybridized carbons (Fsp3) is 0.667. The van der Waals surface area contributed by atoms with Crippen LogP contribution in [0.4, 0.5) is 0 Å². The maximum absolute atomic E-state index is 10.5. The predicted molar refractivity (Wildman–Crippen MR) is 80.0 cm³/mol. The molecule has 0 radical (unpaired) electrons. The molecule has 1 aromatic rings. The number of fused-ring (bicyclic) bond motifs is 5. The van der Waals surface area contributed by atoms with Crippen molar-refractivity contribution in [3.8, 4) is 5.75 Å². The Bertz CT molecular complexity index is 570. The molecule has 0 amide bonds. The van der Waals surface area contributed by atoms with E-state index in [-0.39, 0.29) is 17.3 Å². The predicted octanol–water partition coefficient (Wildman–Crippen LogP) is 3.10. The lowest BCUT2D eigenvalue weighted by Crippen LogP contribution is -2.44. The van der Waals surface area contributed by atoms with E-state index in [1.54, 1.807) is 12.1 Å². The molecular weight excluding hydrogens is 264 g/mol. The van der Waals surface area contributed by atoms with E-state index in [1.165, 1.54) is 5.56 Å². The highest BCUT2D eigenvalue weighted by atomic mass is 16.3. The van der Waals surface area contributed by atoms with Gasteiger partial charge in [-0.2, -0.15) is 0 Å². The highest BCUT2D eigenvalue weighted by Gasteiger charge is 2.55. The van der Waals surface area contributed by atoms with E-state index in [0.29, 0.717) is 17.8 Å². The molecule has 6 atom stereocenters. The van der Waals surface area contributed by atoms with Crippen LogP contribution in [0.3, 0.4) is 0 Å². The molecule has 3 nitrogen and oxygen atoms in total. The van der Waals surface area contributed by atoms with Gasteiger partial charge >= 0.3 is 0 Å². The number of aromatic hydroxyl groups is 1. The third-order valence-corrected chi connectivity index (χ3v) is 6.71. The summed E-state index contributed by atoms with van der Waals surface area (Å²) in [6, 6.07) is 5.47. The van der Waals surface area contributed by atoms with Crippen LogP contribution in [-0.4, -0.2) is 21.4 Å². The van der Waals surface area contributed by atoms with Crippen molar-refractivity contribution in [1.82, 2.24) is 0 Å². The minimum Gasteiger partial charge on any atom is -0.508 e. The first kappa shape index (κ1) is 13.6. The number of aliphatic hydroxyl groups is 2.